The normalized spacial score (nSPS) is 15.5. The number of nitrogens with zero attached hydrogens (tertiary/aromatic N) is 4. The van der Waals surface area contributed by atoms with Crippen LogP contribution in [0.15, 0.2) is 36.2 Å². The zero-order valence-corrected chi connectivity index (χ0v) is 13.4. The van der Waals surface area contributed by atoms with Gasteiger partial charge in [0.25, 0.3) is 0 Å². The van der Waals surface area contributed by atoms with Gasteiger partial charge in [0, 0.05) is 6.04 Å². The van der Waals surface area contributed by atoms with Crippen molar-refractivity contribution in [2.24, 2.45) is 0 Å². The van der Waals surface area contributed by atoms with Gasteiger partial charge in [-0.3, -0.25) is 0 Å². The fourth-order valence-corrected chi connectivity index (χ4v) is 2.74. The first kappa shape index (κ1) is 16.1. The lowest BCUT2D eigenvalue weighted by Crippen LogP contribution is -2.37. The number of hydrogen-bond donors (Lipinski definition) is 2. The zero-order valence-electron chi connectivity index (χ0n) is 13.4. The Morgan fingerprint density at radius 2 is 2.25 bits per heavy atom. The summed E-state index contributed by atoms with van der Waals surface area (Å²) >= 11 is 0. The maximum absolute atomic E-state index is 13.9. The first-order chi connectivity index (χ1) is 11.6. The fraction of sp³-hybridized carbons (Fsp3) is 0.375. The lowest BCUT2D eigenvalue weighted by Gasteiger charge is -2.21. The second-order valence-electron chi connectivity index (χ2n) is 5.76. The van der Waals surface area contributed by atoms with Gasteiger partial charge in [-0.15, -0.1) is 5.10 Å². The maximum atomic E-state index is 13.9. The number of nitrogens with one attached hydrogen (secondary N) is 2. The van der Waals surface area contributed by atoms with E-state index in [0.717, 1.165) is 19.3 Å². The van der Waals surface area contributed by atoms with E-state index in [1.165, 1.54) is 41.2 Å². The van der Waals surface area contributed by atoms with Crippen LogP contribution in [0.25, 0.3) is 5.69 Å². The van der Waals surface area contributed by atoms with Crippen molar-refractivity contribution in [1.82, 2.24) is 25.5 Å². The molecular formula is C16H19FN6O. The van der Waals surface area contributed by atoms with E-state index in [1.807, 2.05) is 6.92 Å². The van der Waals surface area contributed by atoms with Crippen molar-refractivity contribution in [3.63, 3.8) is 0 Å². The summed E-state index contributed by atoms with van der Waals surface area (Å²) in [6.45, 7) is 1.94. The summed E-state index contributed by atoms with van der Waals surface area (Å²) in [5, 5.41) is 16.2. The third-order valence-electron chi connectivity index (χ3n) is 4.04. The highest BCUT2D eigenvalue weighted by molar-refractivity contribution is 5.90. The van der Waals surface area contributed by atoms with Crippen LogP contribution in [-0.2, 0) is 0 Å². The first-order valence-electron chi connectivity index (χ1n) is 7.93. The summed E-state index contributed by atoms with van der Waals surface area (Å²) in [4.78, 5) is 12.2. The molecule has 7 nitrogen and oxygen atoms in total. The molecule has 2 aromatic rings. The molecule has 0 spiro atoms. The quantitative estimate of drug-likeness (QED) is 0.844. The van der Waals surface area contributed by atoms with Crippen molar-refractivity contribution in [2.75, 3.05) is 5.32 Å². The van der Waals surface area contributed by atoms with Crippen LogP contribution in [0, 0.1) is 5.82 Å². The second kappa shape index (κ2) is 7.20. The predicted molar refractivity (Wildman–Crippen MR) is 87.3 cm³/mol. The van der Waals surface area contributed by atoms with Gasteiger partial charge in [0.1, 0.15) is 12.1 Å². The van der Waals surface area contributed by atoms with E-state index >= 15 is 0 Å². The molecule has 0 bridgehead atoms. The molecule has 2 amide bonds. The molecule has 2 N–H and O–H groups in total. The number of tetrazole rings is 1. The molecule has 0 saturated carbocycles. The minimum absolute atomic E-state index is 0.0731. The lowest BCUT2D eigenvalue weighted by atomic mass is 9.95. The number of anilines is 1. The molecule has 1 heterocycles. The van der Waals surface area contributed by atoms with Gasteiger partial charge in [-0.25, -0.2) is 13.9 Å². The van der Waals surface area contributed by atoms with Crippen LogP contribution in [-0.4, -0.2) is 32.3 Å². The SMILES string of the molecule is CC(NC(=O)Nc1cc(-n2cnnn2)ccc1F)C1=CCCCC1. The number of carbonyl (C=O) groups excluding carboxylic acids is 1. The van der Waals surface area contributed by atoms with Gasteiger partial charge < -0.3 is 10.6 Å². The Bertz CT molecular complexity index is 743. The molecule has 24 heavy (non-hydrogen) atoms. The number of allylic oxidation sites excluding steroid dienone is 1. The van der Waals surface area contributed by atoms with Gasteiger partial charge in [0.05, 0.1) is 11.4 Å². The van der Waals surface area contributed by atoms with Gasteiger partial charge in [0.15, 0.2) is 0 Å². The van der Waals surface area contributed by atoms with Gasteiger partial charge in [-0.1, -0.05) is 11.6 Å². The summed E-state index contributed by atoms with van der Waals surface area (Å²) < 4.78 is 15.3. The van der Waals surface area contributed by atoms with Crippen molar-refractivity contribution in [3.05, 3.63) is 42.0 Å². The van der Waals surface area contributed by atoms with Crippen LogP contribution < -0.4 is 10.6 Å². The standard InChI is InChI=1S/C16H19FN6O/c1-11(12-5-3-2-4-6-12)19-16(24)20-15-9-13(7-8-14(15)17)23-10-18-21-22-23/h5,7-11H,2-4,6H2,1H3,(H2,19,20,24). The first-order valence-corrected chi connectivity index (χ1v) is 7.93. The largest absolute Gasteiger partial charge is 0.332 e. The Kier molecular flexibility index (Phi) is 4.83. The molecule has 1 unspecified atom stereocenters. The molecule has 0 aliphatic heterocycles. The molecule has 1 aromatic carbocycles. The fourth-order valence-electron chi connectivity index (χ4n) is 2.74. The summed E-state index contributed by atoms with van der Waals surface area (Å²) in [5.74, 6) is -0.522. The van der Waals surface area contributed by atoms with Crippen molar-refractivity contribution in [3.8, 4) is 5.69 Å². The van der Waals surface area contributed by atoms with E-state index in [9.17, 15) is 9.18 Å². The van der Waals surface area contributed by atoms with Crippen LogP contribution in [0.5, 0.6) is 0 Å². The summed E-state index contributed by atoms with van der Waals surface area (Å²) in [6.07, 6.45) is 7.94. The van der Waals surface area contributed by atoms with E-state index in [2.05, 4.69) is 32.2 Å². The highest BCUT2D eigenvalue weighted by Gasteiger charge is 2.15. The van der Waals surface area contributed by atoms with Crippen molar-refractivity contribution in [2.45, 2.75) is 38.6 Å². The number of amides is 2. The molecule has 8 heteroatoms. The monoisotopic (exact) mass is 330 g/mol. The Labute approximate surface area is 138 Å². The average Bonchev–Trinajstić information content (AvgIpc) is 3.12. The Hall–Kier alpha value is -2.77. The van der Waals surface area contributed by atoms with E-state index in [-0.39, 0.29) is 11.7 Å². The third-order valence-corrected chi connectivity index (χ3v) is 4.04. The van der Waals surface area contributed by atoms with Crippen LogP contribution in [0.3, 0.4) is 0 Å². The third kappa shape index (κ3) is 3.76. The number of aromatic nitrogens is 4. The van der Waals surface area contributed by atoms with Gasteiger partial charge in [-0.2, -0.15) is 0 Å². The molecule has 1 aliphatic rings. The van der Waals surface area contributed by atoms with Crippen molar-refractivity contribution < 1.29 is 9.18 Å². The van der Waals surface area contributed by atoms with Gasteiger partial charge in [-0.05, 0) is 61.2 Å². The molecule has 126 valence electrons. The smallest absolute Gasteiger partial charge is 0.319 e. The zero-order chi connectivity index (χ0) is 16.9. The highest BCUT2D eigenvalue weighted by Crippen LogP contribution is 2.21. The Morgan fingerprint density at radius 3 is 2.96 bits per heavy atom. The molecule has 0 saturated heterocycles. The minimum Gasteiger partial charge on any atom is -0.332 e. The molecule has 1 aromatic heterocycles. The molecule has 0 radical (unpaired) electrons. The minimum atomic E-state index is -0.522. The van der Waals surface area contributed by atoms with Crippen LogP contribution >= 0.6 is 0 Å². The topological polar surface area (TPSA) is 84.7 Å². The Balaban J connectivity index is 1.67. The maximum Gasteiger partial charge on any atom is 0.319 e. The molecule has 0 fully saturated rings. The van der Waals surface area contributed by atoms with E-state index < -0.39 is 11.8 Å². The number of hydrogen-bond acceptors (Lipinski definition) is 4. The number of benzene rings is 1. The lowest BCUT2D eigenvalue weighted by molar-refractivity contribution is 0.250. The molecular weight excluding hydrogens is 311 g/mol. The number of halogens is 1. The number of rotatable bonds is 4. The van der Waals surface area contributed by atoms with Crippen molar-refractivity contribution >= 4 is 11.7 Å². The highest BCUT2D eigenvalue weighted by atomic mass is 19.1. The molecule has 3 rings (SSSR count). The predicted octanol–water partition coefficient (Wildman–Crippen LogP) is 2.81. The van der Waals surface area contributed by atoms with Crippen LogP contribution in [0.2, 0.25) is 0 Å². The molecule has 1 aliphatic carbocycles. The second-order valence-corrected chi connectivity index (χ2v) is 5.76. The summed E-state index contributed by atoms with van der Waals surface area (Å²) in [5.41, 5.74) is 1.85. The summed E-state index contributed by atoms with van der Waals surface area (Å²) in [6, 6.07) is 3.76. The van der Waals surface area contributed by atoms with Crippen LogP contribution in [0.4, 0.5) is 14.9 Å². The molecule has 1 atom stereocenters. The van der Waals surface area contributed by atoms with E-state index in [4.69, 9.17) is 0 Å². The van der Waals surface area contributed by atoms with Crippen molar-refractivity contribution in [1.29, 1.82) is 0 Å². The Morgan fingerprint density at radius 1 is 1.38 bits per heavy atom. The van der Waals surface area contributed by atoms with Crippen LogP contribution in [0.1, 0.15) is 32.6 Å². The average molecular weight is 330 g/mol. The van der Waals surface area contributed by atoms with E-state index in [1.54, 1.807) is 0 Å². The van der Waals surface area contributed by atoms with Gasteiger partial charge >= 0.3 is 6.03 Å². The number of carbonyl (C=O) groups is 1. The summed E-state index contributed by atoms with van der Waals surface area (Å²) in [7, 11) is 0. The van der Waals surface area contributed by atoms with E-state index in [0.29, 0.717) is 5.69 Å². The number of urea groups is 1. The van der Waals surface area contributed by atoms with Gasteiger partial charge in [0.2, 0.25) is 0 Å².